The molecule has 3 aliphatic heterocycles. The van der Waals surface area contributed by atoms with Crippen molar-refractivity contribution in [2.45, 2.75) is 25.3 Å². The van der Waals surface area contributed by atoms with E-state index in [1.54, 1.807) is 30.3 Å². The summed E-state index contributed by atoms with van der Waals surface area (Å²) >= 11 is 0. The van der Waals surface area contributed by atoms with Crippen molar-refractivity contribution in [2.75, 3.05) is 55.6 Å². The van der Waals surface area contributed by atoms with Crippen LogP contribution >= 0.6 is 0 Å². The van der Waals surface area contributed by atoms with Gasteiger partial charge in [-0.15, -0.1) is 0 Å². The van der Waals surface area contributed by atoms with Crippen molar-refractivity contribution in [1.82, 2.24) is 15.3 Å². The van der Waals surface area contributed by atoms with E-state index in [1.165, 1.54) is 11.1 Å². The number of piperazine rings is 1. The minimum atomic E-state index is -1.19. The first-order valence-electron chi connectivity index (χ1n) is 14.6. The van der Waals surface area contributed by atoms with Gasteiger partial charge in [-0.05, 0) is 31.4 Å². The van der Waals surface area contributed by atoms with E-state index in [-0.39, 0.29) is 53.2 Å². The van der Waals surface area contributed by atoms with Gasteiger partial charge in [0.05, 0.1) is 17.9 Å². The van der Waals surface area contributed by atoms with Crippen molar-refractivity contribution >= 4 is 34.7 Å². The maximum Gasteiger partial charge on any atom is 0.316 e. The monoisotopic (exact) mass is 590 g/mol. The Morgan fingerprint density at radius 3 is 2.35 bits per heavy atom. The first kappa shape index (κ1) is 27.5. The van der Waals surface area contributed by atoms with E-state index in [9.17, 15) is 29.5 Å². The average molecular weight is 591 g/mol. The van der Waals surface area contributed by atoms with Crippen LogP contribution < -0.4 is 20.5 Å². The van der Waals surface area contributed by atoms with E-state index in [0.29, 0.717) is 56.1 Å². The number of aliphatic carboxylic acids is 1. The second-order valence-electron chi connectivity index (χ2n) is 11.7. The molecule has 0 bridgehead atoms. The minimum absolute atomic E-state index is 0.0369. The highest BCUT2D eigenvalue weighted by Crippen LogP contribution is 2.41. The lowest BCUT2D eigenvalue weighted by molar-refractivity contribution is -0.993. The third-order valence-corrected chi connectivity index (χ3v) is 9.03. The average Bonchev–Trinajstić information content (AvgIpc) is 3.79. The summed E-state index contributed by atoms with van der Waals surface area (Å²) in [7, 11) is 0. The Balaban J connectivity index is 0.987. The molecule has 3 N–H and O–H groups in total. The third-order valence-electron chi connectivity index (χ3n) is 9.03. The summed E-state index contributed by atoms with van der Waals surface area (Å²) < 4.78 is 15.3. The fourth-order valence-corrected chi connectivity index (χ4v) is 6.61. The third kappa shape index (κ3) is 4.64. The maximum absolute atomic E-state index is 15.3. The molecule has 0 amide bonds. The van der Waals surface area contributed by atoms with Crippen LogP contribution in [-0.4, -0.2) is 90.2 Å². The molecule has 0 spiro atoms. The van der Waals surface area contributed by atoms with Gasteiger partial charge in [-0.2, -0.15) is 10.3 Å². The molecule has 12 nitrogen and oxygen atoms in total. The van der Waals surface area contributed by atoms with Gasteiger partial charge in [0.15, 0.2) is 17.2 Å². The Bertz CT molecular complexity index is 1580. The van der Waals surface area contributed by atoms with E-state index < -0.39 is 28.8 Å². The second kappa shape index (κ2) is 10.4. The lowest BCUT2D eigenvalue weighted by Crippen LogP contribution is -3.17. The standard InChI is InChI=1S/C30H31FN6O6/c31-22-14-20-23(35(17-6-7-17)16-21(27(20)38)30(41)42)15-24(22)34-12-10-33(11-13-34)8-3-9-36-26-25(32-37(36)43)28(39)18-4-1-2-5-19(18)29(26)40/h1-2,4-5,14-15,17,21,32,37H,3,6-13,16H2,(H,41,42). The molecule has 1 saturated heterocycles. The van der Waals surface area contributed by atoms with E-state index in [0.717, 1.165) is 12.8 Å². The molecule has 1 saturated carbocycles. The van der Waals surface area contributed by atoms with Gasteiger partial charge < -0.3 is 20.1 Å². The molecule has 2 atom stereocenters. The first-order chi connectivity index (χ1) is 20.7. The number of ketones is 3. The van der Waals surface area contributed by atoms with Gasteiger partial charge in [0.1, 0.15) is 11.7 Å². The quantitative estimate of drug-likeness (QED) is 0.309. The number of anilines is 2. The normalized spacial score (nSPS) is 23.8. The molecule has 0 aromatic heterocycles. The highest BCUT2D eigenvalue weighted by atomic mass is 19.1. The molecule has 224 valence electrons. The number of fused-ring (bicyclic) bond motifs is 2. The predicted octanol–water partition coefficient (Wildman–Crippen LogP) is 0.612. The van der Waals surface area contributed by atoms with Crippen LogP contribution in [0.2, 0.25) is 0 Å². The summed E-state index contributed by atoms with van der Waals surface area (Å²) in [5.41, 5.74) is 4.46. The molecule has 2 aromatic rings. The van der Waals surface area contributed by atoms with E-state index >= 15 is 4.39 Å². The molecule has 43 heavy (non-hydrogen) atoms. The van der Waals surface area contributed by atoms with E-state index in [4.69, 9.17) is 0 Å². The van der Waals surface area contributed by atoms with Crippen LogP contribution in [0.4, 0.5) is 15.8 Å². The Kier molecular flexibility index (Phi) is 6.67. The van der Waals surface area contributed by atoms with Crippen LogP contribution in [0.3, 0.4) is 0 Å². The SMILES string of the molecule is O=C1C2=C(C(=O)c3ccccc31)N(CCCN1CCN(c3cc4c(cc3F)C(=O)C(C(=O)O)CN4C3CC3)CC1)[NH+]([O-])N2. The van der Waals surface area contributed by atoms with Crippen LogP contribution in [0.25, 0.3) is 0 Å². The number of Topliss-reactive ketones (excluding diaryl/α,β-unsaturated/α-hetero) is 3. The molecule has 2 unspecified atom stereocenters. The fraction of sp³-hybridized carbons (Fsp3) is 0.400. The van der Waals surface area contributed by atoms with Crippen molar-refractivity contribution < 1.29 is 34.0 Å². The molecule has 7 rings (SSSR count). The number of hydrogen-bond acceptors (Lipinski definition) is 10. The van der Waals surface area contributed by atoms with Gasteiger partial charge in [-0.3, -0.25) is 24.1 Å². The number of carbonyl (C=O) groups excluding carboxylic acids is 3. The smallest absolute Gasteiger partial charge is 0.316 e. The molecule has 3 heterocycles. The number of carbonyl (C=O) groups is 4. The molecular formula is C30H31FN6O6. The largest absolute Gasteiger partial charge is 0.582 e. The van der Waals surface area contributed by atoms with Gasteiger partial charge in [0.25, 0.3) is 0 Å². The van der Waals surface area contributed by atoms with Crippen LogP contribution in [-0.2, 0) is 4.79 Å². The molecule has 2 aliphatic carbocycles. The Hall–Kier alpha value is -4.33. The summed E-state index contributed by atoms with van der Waals surface area (Å²) in [5, 5.41) is 23.1. The topological polar surface area (TPSA) is 141 Å². The summed E-state index contributed by atoms with van der Waals surface area (Å²) in [6, 6.07) is 9.63. The number of carboxylic acids is 1. The molecular weight excluding hydrogens is 559 g/mol. The van der Waals surface area contributed by atoms with Gasteiger partial charge in [-0.1, -0.05) is 24.3 Å². The molecule has 5 aliphatic rings. The molecule has 2 fully saturated rings. The summed E-state index contributed by atoms with van der Waals surface area (Å²) in [6.07, 6.45) is 2.41. The van der Waals surface area contributed by atoms with Crippen LogP contribution in [0.15, 0.2) is 47.8 Å². The van der Waals surface area contributed by atoms with Crippen LogP contribution in [0.1, 0.15) is 50.3 Å². The zero-order valence-electron chi connectivity index (χ0n) is 23.3. The number of halogens is 1. The van der Waals surface area contributed by atoms with Gasteiger partial charge in [-0.25, -0.2) is 9.82 Å². The van der Waals surface area contributed by atoms with E-state index in [2.05, 4.69) is 10.3 Å². The molecule has 2 aromatic carbocycles. The van der Waals surface area contributed by atoms with E-state index in [1.807, 2.05) is 9.80 Å². The Morgan fingerprint density at radius 1 is 0.977 bits per heavy atom. The number of rotatable bonds is 7. The van der Waals surface area contributed by atoms with Crippen molar-refractivity contribution in [3.05, 3.63) is 75.5 Å². The summed E-state index contributed by atoms with van der Waals surface area (Å²) in [4.78, 5) is 56.7. The number of hydrogen-bond donors (Lipinski definition) is 3. The highest BCUT2D eigenvalue weighted by molar-refractivity contribution is 6.26. The Labute approximate surface area is 246 Å². The number of nitrogens with zero attached hydrogens (tertiary/aromatic N) is 4. The number of benzene rings is 2. The van der Waals surface area contributed by atoms with Gasteiger partial charge in [0.2, 0.25) is 11.6 Å². The number of allylic oxidation sites excluding steroid dienone is 2. The number of carboxylic acid groups (broad SMARTS) is 1. The zero-order chi connectivity index (χ0) is 30.0. The van der Waals surface area contributed by atoms with Gasteiger partial charge >= 0.3 is 5.97 Å². The maximum atomic E-state index is 15.3. The van der Waals surface area contributed by atoms with Crippen LogP contribution in [0.5, 0.6) is 0 Å². The number of quaternary nitrogens is 1. The van der Waals surface area contributed by atoms with Crippen molar-refractivity contribution in [3.63, 3.8) is 0 Å². The van der Waals surface area contributed by atoms with Crippen LogP contribution in [0, 0.1) is 16.9 Å². The summed E-state index contributed by atoms with van der Waals surface area (Å²) in [5.74, 6) is -4.17. The minimum Gasteiger partial charge on any atom is -0.582 e. The van der Waals surface area contributed by atoms with Crippen molar-refractivity contribution in [3.8, 4) is 0 Å². The summed E-state index contributed by atoms with van der Waals surface area (Å²) in [6.45, 7) is 3.41. The second-order valence-corrected chi connectivity index (χ2v) is 11.7. The van der Waals surface area contributed by atoms with Gasteiger partial charge in [0, 0.05) is 62.0 Å². The molecule has 0 radical (unpaired) electrons. The number of nitrogens with one attached hydrogen (secondary N) is 2. The lowest BCUT2D eigenvalue weighted by atomic mass is 9.90. The lowest BCUT2D eigenvalue weighted by Gasteiger charge is -2.38. The zero-order valence-corrected chi connectivity index (χ0v) is 23.3. The first-order valence-corrected chi connectivity index (χ1v) is 14.6. The van der Waals surface area contributed by atoms with Crippen molar-refractivity contribution in [1.29, 1.82) is 0 Å². The predicted molar refractivity (Wildman–Crippen MR) is 152 cm³/mol. The van der Waals surface area contributed by atoms with Crippen molar-refractivity contribution in [2.24, 2.45) is 5.92 Å². The Morgan fingerprint density at radius 2 is 1.67 bits per heavy atom. The highest BCUT2D eigenvalue weighted by Gasteiger charge is 2.44. The fourth-order valence-electron chi connectivity index (χ4n) is 6.61. The molecule has 13 heteroatoms.